The monoisotopic (exact) mass is 615 g/mol. The van der Waals surface area contributed by atoms with Crippen molar-refractivity contribution in [3.63, 3.8) is 0 Å². The molecule has 0 aromatic heterocycles. The Labute approximate surface area is 253 Å². The fraction of sp³-hybridized carbons (Fsp3) is 0.548. The minimum atomic E-state index is -4.08. The van der Waals surface area contributed by atoms with Crippen LogP contribution in [0.3, 0.4) is 0 Å². The number of methoxy groups -OCH3 is 1. The Hall–Kier alpha value is -3.21. The highest BCUT2D eigenvalue weighted by Gasteiger charge is 2.44. The second-order valence-electron chi connectivity index (χ2n) is 11.8. The maximum Gasteiger partial charge on any atom is 0.407 e. The topological polar surface area (TPSA) is 147 Å². The number of nitriles is 1. The lowest BCUT2D eigenvalue weighted by molar-refractivity contribution is -0.0907. The Kier molecular flexibility index (Phi) is 11.0. The molecule has 2 fully saturated rings. The number of aliphatic hydroxyl groups is 1. The molecule has 2 N–H and O–H groups in total. The van der Waals surface area contributed by atoms with Crippen molar-refractivity contribution in [3.05, 3.63) is 60.2 Å². The van der Waals surface area contributed by atoms with Gasteiger partial charge in [-0.25, -0.2) is 13.2 Å². The molecule has 0 bridgehead atoms. The number of fused-ring (bicyclic) bond motifs is 1. The lowest BCUT2D eigenvalue weighted by atomic mass is 9.88. The standard InChI is InChI=1S/C31H41N3O8S/c1-31(2,15-7-16-32)21-34(43(37,38)24-12-10-23(39-3)11-13-24)19-27(35)26(18-22-8-5-4-6-9-22)33-30(36)42-28-20-41-29-25(28)14-17-40-29/h4-6,8-13,25-29,35H,7,14-15,17-21H2,1-3H3,(H,33,36)/t25-,26?,27-,28+,29+/m1/s1. The fourth-order valence-electron chi connectivity index (χ4n) is 5.45. The maximum atomic E-state index is 13.9. The molecule has 0 aliphatic carbocycles. The van der Waals surface area contributed by atoms with Crippen LogP contribution in [0.15, 0.2) is 59.5 Å². The number of sulfonamides is 1. The number of carbonyl (C=O) groups excluding carboxylic acids is 1. The van der Waals surface area contributed by atoms with Crippen molar-refractivity contribution in [1.82, 2.24) is 9.62 Å². The number of alkyl carbamates (subject to hydrolysis) is 1. The predicted molar refractivity (Wildman–Crippen MR) is 158 cm³/mol. The number of nitrogens with zero attached hydrogens (tertiary/aromatic N) is 2. The highest BCUT2D eigenvalue weighted by molar-refractivity contribution is 7.89. The smallest absolute Gasteiger partial charge is 0.407 e. The fourth-order valence-corrected chi connectivity index (χ4v) is 7.10. The molecule has 2 aliphatic rings. The summed E-state index contributed by atoms with van der Waals surface area (Å²) < 4.78 is 51.1. The van der Waals surface area contributed by atoms with Crippen LogP contribution in [0.2, 0.25) is 0 Å². The summed E-state index contributed by atoms with van der Waals surface area (Å²) in [6.07, 6.45) is -1.20. The van der Waals surface area contributed by atoms with E-state index in [1.165, 1.54) is 23.5 Å². The first-order chi connectivity index (χ1) is 20.5. The third-order valence-corrected chi connectivity index (χ3v) is 9.74. The molecule has 2 aliphatic heterocycles. The predicted octanol–water partition coefficient (Wildman–Crippen LogP) is 3.48. The molecule has 4 rings (SSSR count). The van der Waals surface area contributed by atoms with Crippen LogP contribution in [0.5, 0.6) is 5.75 Å². The van der Waals surface area contributed by atoms with Gasteiger partial charge in [-0.3, -0.25) is 0 Å². The number of benzene rings is 2. The van der Waals surface area contributed by atoms with Gasteiger partial charge in [0.1, 0.15) is 11.9 Å². The normalized spacial score (nSPS) is 21.5. The summed E-state index contributed by atoms with van der Waals surface area (Å²) in [7, 11) is -2.59. The van der Waals surface area contributed by atoms with Gasteiger partial charge in [-0.05, 0) is 54.5 Å². The Bertz CT molecular complexity index is 1350. The lowest BCUT2D eigenvalue weighted by Gasteiger charge is -2.35. The molecular formula is C31H41N3O8S. The lowest BCUT2D eigenvalue weighted by Crippen LogP contribution is -2.52. The number of rotatable bonds is 14. The van der Waals surface area contributed by atoms with Gasteiger partial charge >= 0.3 is 6.09 Å². The van der Waals surface area contributed by atoms with Crippen molar-refractivity contribution in [2.75, 3.05) is 33.4 Å². The van der Waals surface area contributed by atoms with Crippen molar-refractivity contribution >= 4 is 16.1 Å². The molecule has 2 saturated heterocycles. The highest BCUT2D eigenvalue weighted by Crippen LogP contribution is 2.33. The molecule has 2 aromatic rings. The van der Waals surface area contributed by atoms with Gasteiger partial charge in [-0.1, -0.05) is 44.2 Å². The zero-order valence-corrected chi connectivity index (χ0v) is 25.7. The summed E-state index contributed by atoms with van der Waals surface area (Å²) in [4.78, 5) is 13.1. The molecule has 11 nitrogen and oxygen atoms in total. The first kappa shape index (κ1) is 32.7. The number of aliphatic hydroxyl groups excluding tert-OH is 1. The molecule has 1 unspecified atom stereocenters. The van der Waals surface area contributed by atoms with Gasteiger partial charge in [-0.2, -0.15) is 9.57 Å². The van der Waals surface area contributed by atoms with Crippen molar-refractivity contribution in [1.29, 1.82) is 5.26 Å². The zero-order valence-electron chi connectivity index (χ0n) is 24.8. The quantitative estimate of drug-likeness (QED) is 0.326. The average molecular weight is 616 g/mol. The van der Waals surface area contributed by atoms with E-state index in [2.05, 4.69) is 11.4 Å². The van der Waals surface area contributed by atoms with Crippen molar-refractivity contribution in [3.8, 4) is 11.8 Å². The van der Waals surface area contributed by atoms with Gasteiger partial charge < -0.3 is 29.4 Å². The van der Waals surface area contributed by atoms with Crippen LogP contribution in [-0.2, 0) is 30.7 Å². The van der Waals surface area contributed by atoms with Crippen molar-refractivity contribution in [2.24, 2.45) is 11.3 Å². The summed E-state index contributed by atoms with van der Waals surface area (Å²) in [5.74, 6) is 0.456. The second-order valence-corrected chi connectivity index (χ2v) is 13.7. The van der Waals surface area contributed by atoms with Crippen LogP contribution in [0.25, 0.3) is 0 Å². The Morgan fingerprint density at radius 2 is 1.91 bits per heavy atom. The molecule has 5 atom stereocenters. The van der Waals surface area contributed by atoms with E-state index in [9.17, 15) is 18.3 Å². The first-order valence-corrected chi connectivity index (χ1v) is 15.9. The summed E-state index contributed by atoms with van der Waals surface area (Å²) >= 11 is 0. The van der Waals surface area contributed by atoms with E-state index in [-0.39, 0.29) is 49.6 Å². The third-order valence-electron chi connectivity index (χ3n) is 7.92. The van der Waals surface area contributed by atoms with Crippen molar-refractivity contribution in [2.45, 2.75) is 69.0 Å². The molecular weight excluding hydrogens is 574 g/mol. The molecule has 1 amide bonds. The molecule has 0 spiro atoms. The SMILES string of the molecule is COc1ccc(S(=O)(=O)N(C[C@@H](O)C(Cc2ccccc2)NC(=O)O[C@H]2CO[C@@H]3OCC[C@@H]32)CC(C)(C)CCC#N)cc1. The van der Waals surface area contributed by atoms with Crippen LogP contribution in [0.1, 0.15) is 38.7 Å². The minimum absolute atomic E-state index is 0.0399. The summed E-state index contributed by atoms with van der Waals surface area (Å²) in [5, 5.41) is 23.5. The zero-order chi connectivity index (χ0) is 31.0. The molecule has 234 valence electrons. The van der Waals surface area contributed by atoms with E-state index in [4.69, 9.17) is 24.2 Å². The van der Waals surface area contributed by atoms with Crippen LogP contribution in [0.4, 0.5) is 4.79 Å². The van der Waals surface area contributed by atoms with E-state index in [1.807, 2.05) is 44.2 Å². The number of hydrogen-bond acceptors (Lipinski definition) is 9. The van der Waals surface area contributed by atoms with E-state index >= 15 is 0 Å². The Morgan fingerprint density at radius 1 is 1.19 bits per heavy atom. The number of ether oxygens (including phenoxy) is 4. The molecule has 2 heterocycles. The molecule has 12 heteroatoms. The third kappa shape index (κ3) is 8.68. The second kappa shape index (κ2) is 14.5. The summed E-state index contributed by atoms with van der Waals surface area (Å²) in [6, 6.07) is 16.6. The van der Waals surface area contributed by atoms with E-state index in [0.29, 0.717) is 18.8 Å². The van der Waals surface area contributed by atoms with Gasteiger partial charge in [0, 0.05) is 19.5 Å². The highest BCUT2D eigenvalue weighted by atomic mass is 32.2. The van der Waals surface area contributed by atoms with Gasteiger partial charge in [0.2, 0.25) is 10.0 Å². The van der Waals surface area contributed by atoms with E-state index < -0.39 is 39.8 Å². The van der Waals surface area contributed by atoms with E-state index in [1.54, 1.807) is 12.1 Å². The van der Waals surface area contributed by atoms with Gasteiger partial charge in [0.25, 0.3) is 0 Å². The van der Waals surface area contributed by atoms with Gasteiger partial charge in [-0.15, -0.1) is 0 Å². The number of nitrogens with one attached hydrogen (secondary N) is 1. The van der Waals surface area contributed by atoms with Crippen LogP contribution >= 0.6 is 0 Å². The largest absolute Gasteiger partial charge is 0.497 e. The van der Waals surface area contributed by atoms with Gasteiger partial charge in [0.15, 0.2) is 6.29 Å². The number of amides is 1. The Morgan fingerprint density at radius 3 is 2.58 bits per heavy atom. The Balaban J connectivity index is 1.56. The van der Waals surface area contributed by atoms with Crippen LogP contribution in [-0.4, -0.2) is 81.9 Å². The molecule has 0 radical (unpaired) electrons. The van der Waals surface area contributed by atoms with Crippen LogP contribution in [0, 0.1) is 22.7 Å². The van der Waals surface area contributed by atoms with Crippen molar-refractivity contribution < 1.29 is 37.3 Å². The summed E-state index contributed by atoms with van der Waals surface area (Å²) in [6.45, 7) is 4.27. The molecule has 43 heavy (non-hydrogen) atoms. The first-order valence-electron chi connectivity index (χ1n) is 14.5. The van der Waals surface area contributed by atoms with Crippen LogP contribution < -0.4 is 10.1 Å². The van der Waals surface area contributed by atoms with Gasteiger partial charge in [0.05, 0.1) is 49.4 Å². The maximum absolute atomic E-state index is 13.9. The average Bonchev–Trinajstić information content (AvgIpc) is 3.61. The molecule has 2 aromatic carbocycles. The summed E-state index contributed by atoms with van der Waals surface area (Å²) in [5.41, 5.74) is 0.276. The number of carbonyl (C=O) groups is 1. The molecule has 0 saturated carbocycles. The number of hydrogen-bond donors (Lipinski definition) is 2. The minimum Gasteiger partial charge on any atom is -0.497 e. The van der Waals surface area contributed by atoms with E-state index in [0.717, 1.165) is 12.0 Å².